The largest absolute Gasteiger partial charge is 0.359 e. The molecule has 4 saturated carbocycles. The SMILES string of the molecule is N#C[C@@H]1CCCN1C(=O)CNC12CC3CC(CC(CN(c4ccc(F)cc4)S(=O)(=O)O)(C3)C1)C2. The molecule has 0 radical (unpaired) electrons. The molecule has 1 heterocycles. The average molecular weight is 491 g/mol. The van der Waals surface area contributed by atoms with Gasteiger partial charge in [0.25, 0.3) is 0 Å². The predicted octanol–water partition coefficient (Wildman–Crippen LogP) is 2.88. The molecule has 4 bridgehead atoms. The molecule has 2 N–H and O–H groups in total. The van der Waals surface area contributed by atoms with Crippen molar-refractivity contribution < 1.29 is 22.2 Å². The number of nitrogens with one attached hydrogen (secondary N) is 1. The Morgan fingerprint density at radius 3 is 2.53 bits per heavy atom. The zero-order chi connectivity index (χ0) is 24.1. The van der Waals surface area contributed by atoms with E-state index in [4.69, 9.17) is 0 Å². The Kier molecular flexibility index (Phi) is 5.86. The van der Waals surface area contributed by atoms with Gasteiger partial charge in [-0.3, -0.25) is 9.35 Å². The fourth-order valence-corrected chi connectivity index (χ4v) is 8.45. The third-order valence-electron chi connectivity index (χ3n) is 8.39. The lowest BCUT2D eigenvalue weighted by atomic mass is 9.47. The molecule has 2 unspecified atom stereocenters. The Hall–Kier alpha value is -2.22. The summed E-state index contributed by atoms with van der Waals surface area (Å²) in [6, 6.07) is 6.99. The molecule has 1 aliphatic heterocycles. The Balaban J connectivity index is 1.35. The summed E-state index contributed by atoms with van der Waals surface area (Å²) >= 11 is 0. The fraction of sp³-hybridized carbons (Fsp3) is 0.667. The minimum absolute atomic E-state index is 0.0558. The molecule has 1 aromatic rings. The zero-order valence-corrected chi connectivity index (χ0v) is 19.9. The van der Waals surface area contributed by atoms with E-state index in [-0.39, 0.29) is 41.7 Å². The van der Waals surface area contributed by atoms with Crippen LogP contribution in [0.25, 0.3) is 0 Å². The van der Waals surface area contributed by atoms with Crippen molar-refractivity contribution in [3.8, 4) is 6.07 Å². The standard InChI is InChI=1S/C24H31FN4O4S/c25-19-3-5-20(6-4-19)29(34(31,32)33)16-23-9-17-8-18(10-23)12-24(11-17,15-23)27-14-22(30)28-7-1-2-21(28)13-26/h3-6,17-18,21,27H,1-2,7-12,14-16H2,(H,31,32,33)/t17?,18?,21-,23?,24?/m0/s1. The molecule has 184 valence electrons. The van der Waals surface area contributed by atoms with Gasteiger partial charge in [0.15, 0.2) is 0 Å². The molecule has 5 fully saturated rings. The van der Waals surface area contributed by atoms with Crippen LogP contribution < -0.4 is 9.62 Å². The van der Waals surface area contributed by atoms with Crippen molar-refractivity contribution in [1.29, 1.82) is 5.26 Å². The van der Waals surface area contributed by atoms with Crippen LogP contribution >= 0.6 is 0 Å². The van der Waals surface area contributed by atoms with Crippen molar-refractivity contribution in [2.24, 2.45) is 17.3 Å². The van der Waals surface area contributed by atoms with Crippen molar-refractivity contribution >= 4 is 21.9 Å². The van der Waals surface area contributed by atoms with Gasteiger partial charge in [0, 0.05) is 18.6 Å². The number of hydrogen-bond acceptors (Lipinski definition) is 5. The minimum atomic E-state index is -4.54. The zero-order valence-electron chi connectivity index (χ0n) is 19.1. The van der Waals surface area contributed by atoms with E-state index >= 15 is 0 Å². The summed E-state index contributed by atoms with van der Waals surface area (Å²) in [5.41, 5.74) is -0.337. The first kappa shape index (κ1) is 23.5. The molecule has 1 aromatic carbocycles. The molecule has 0 aromatic heterocycles. The van der Waals surface area contributed by atoms with E-state index in [9.17, 15) is 27.4 Å². The van der Waals surface area contributed by atoms with E-state index in [2.05, 4.69) is 11.4 Å². The van der Waals surface area contributed by atoms with Crippen LogP contribution in [0.5, 0.6) is 0 Å². The number of hydrogen-bond donors (Lipinski definition) is 2. The van der Waals surface area contributed by atoms with Crippen LogP contribution in [0.3, 0.4) is 0 Å². The summed E-state index contributed by atoms with van der Waals surface area (Å²) in [5, 5.41) is 12.9. The van der Waals surface area contributed by atoms with Gasteiger partial charge < -0.3 is 10.2 Å². The van der Waals surface area contributed by atoms with Crippen LogP contribution in [0.2, 0.25) is 0 Å². The lowest BCUT2D eigenvalue weighted by molar-refractivity contribution is -0.132. The first-order valence-corrected chi connectivity index (χ1v) is 13.4. The summed E-state index contributed by atoms with van der Waals surface area (Å²) in [6.45, 7) is 0.917. The van der Waals surface area contributed by atoms with Crippen molar-refractivity contribution in [3.63, 3.8) is 0 Å². The van der Waals surface area contributed by atoms with Crippen LogP contribution in [-0.2, 0) is 15.1 Å². The third-order valence-corrected chi connectivity index (χ3v) is 9.29. The molecule has 8 nitrogen and oxygen atoms in total. The van der Waals surface area contributed by atoms with E-state index < -0.39 is 16.1 Å². The summed E-state index contributed by atoms with van der Waals surface area (Å²) in [6.07, 6.45) is 7.02. The summed E-state index contributed by atoms with van der Waals surface area (Å²) < 4.78 is 49.1. The van der Waals surface area contributed by atoms with Crippen molar-refractivity contribution in [1.82, 2.24) is 10.2 Å². The highest BCUT2D eigenvalue weighted by molar-refractivity contribution is 7.87. The quantitative estimate of drug-likeness (QED) is 0.568. The van der Waals surface area contributed by atoms with Crippen molar-refractivity contribution in [3.05, 3.63) is 30.1 Å². The molecule has 1 amide bonds. The molecule has 5 aliphatic rings. The van der Waals surface area contributed by atoms with Gasteiger partial charge in [0.05, 0.1) is 18.3 Å². The Morgan fingerprint density at radius 2 is 1.91 bits per heavy atom. The Bertz CT molecular complexity index is 1090. The maximum Gasteiger partial charge on any atom is 0.359 e. The molecule has 34 heavy (non-hydrogen) atoms. The smallest absolute Gasteiger partial charge is 0.326 e. The van der Waals surface area contributed by atoms with E-state index in [1.165, 1.54) is 24.3 Å². The second kappa shape index (κ2) is 8.47. The minimum Gasteiger partial charge on any atom is -0.326 e. The second-order valence-corrected chi connectivity index (χ2v) is 12.3. The molecular weight excluding hydrogens is 459 g/mol. The van der Waals surface area contributed by atoms with Gasteiger partial charge in [0.1, 0.15) is 11.9 Å². The Morgan fingerprint density at radius 1 is 1.24 bits per heavy atom. The van der Waals surface area contributed by atoms with Gasteiger partial charge in [-0.1, -0.05) is 0 Å². The number of nitriles is 1. The molecule has 1 saturated heterocycles. The second-order valence-electron chi connectivity index (χ2n) is 10.9. The number of carbonyl (C=O) groups excluding carboxylic acids is 1. The summed E-state index contributed by atoms with van der Waals surface area (Å²) in [7, 11) is -4.54. The summed E-state index contributed by atoms with van der Waals surface area (Å²) in [4.78, 5) is 14.5. The van der Waals surface area contributed by atoms with E-state index in [1.807, 2.05) is 0 Å². The maximum absolute atomic E-state index is 13.4. The highest BCUT2D eigenvalue weighted by Crippen LogP contribution is 2.62. The van der Waals surface area contributed by atoms with Gasteiger partial charge in [0.2, 0.25) is 5.91 Å². The third kappa shape index (κ3) is 4.41. The lowest BCUT2D eigenvalue weighted by Gasteiger charge is -2.63. The number of halogens is 1. The van der Waals surface area contributed by atoms with E-state index in [0.717, 1.165) is 55.7 Å². The molecule has 3 atom stereocenters. The van der Waals surface area contributed by atoms with Crippen LogP contribution in [0, 0.1) is 34.4 Å². The van der Waals surface area contributed by atoms with Crippen LogP contribution in [0.4, 0.5) is 10.1 Å². The average Bonchev–Trinajstić information content (AvgIpc) is 3.24. The predicted molar refractivity (Wildman–Crippen MR) is 123 cm³/mol. The number of benzene rings is 1. The topological polar surface area (TPSA) is 114 Å². The van der Waals surface area contributed by atoms with Crippen LogP contribution in [0.1, 0.15) is 51.4 Å². The molecular formula is C24H31FN4O4S. The molecule has 4 aliphatic carbocycles. The van der Waals surface area contributed by atoms with Gasteiger partial charge in [-0.15, -0.1) is 0 Å². The van der Waals surface area contributed by atoms with Crippen molar-refractivity contribution in [2.45, 2.75) is 62.9 Å². The fourth-order valence-electron chi connectivity index (χ4n) is 7.63. The van der Waals surface area contributed by atoms with Crippen LogP contribution in [0.15, 0.2) is 24.3 Å². The van der Waals surface area contributed by atoms with E-state index in [0.29, 0.717) is 18.4 Å². The Labute approximate surface area is 200 Å². The number of rotatable bonds is 7. The number of carbonyl (C=O) groups is 1. The van der Waals surface area contributed by atoms with Gasteiger partial charge in [-0.05, 0) is 92.9 Å². The van der Waals surface area contributed by atoms with Gasteiger partial charge >= 0.3 is 10.3 Å². The van der Waals surface area contributed by atoms with Gasteiger partial charge in [-0.2, -0.15) is 13.7 Å². The lowest BCUT2D eigenvalue weighted by Crippen LogP contribution is -2.65. The highest BCUT2D eigenvalue weighted by atomic mass is 32.2. The number of anilines is 1. The molecule has 6 rings (SSSR count). The summed E-state index contributed by atoms with van der Waals surface area (Å²) in [5.74, 6) is 0.330. The van der Waals surface area contributed by atoms with Gasteiger partial charge in [-0.25, -0.2) is 8.70 Å². The monoisotopic (exact) mass is 490 g/mol. The number of amides is 1. The number of likely N-dealkylation sites (tertiary alicyclic amines) is 1. The van der Waals surface area contributed by atoms with Crippen molar-refractivity contribution in [2.75, 3.05) is 23.9 Å². The van der Waals surface area contributed by atoms with Crippen LogP contribution in [-0.4, -0.2) is 55.0 Å². The maximum atomic E-state index is 13.4. The molecule has 10 heteroatoms. The first-order chi connectivity index (χ1) is 16.1. The van der Waals surface area contributed by atoms with E-state index in [1.54, 1.807) is 4.90 Å². The molecule has 0 spiro atoms. The normalized spacial score (nSPS) is 34.3. The highest BCUT2D eigenvalue weighted by Gasteiger charge is 2.58. The number of nitrogens with zero attached hydrogens (tertiary/aromatic N) is 3. The first-order valence-electron chi connectivity index (χ1n) is 12.1.